The van der Waals surface area contributed by atoms with Crippen LogP contribution < -0.4 is 10.1 Å². The summed E-state index contributed by atoms with van der Waals surface area (Å²) in [7, 11) is 3.12. The zero-order chi connectivity index (χ0) is 12.3. The van der Waals surface area contributed by atoms with Gasteiger partial charge in [0.05, 0.1) is 18.2 Å². The van der Waals surface area contributed by atoms with Gasteiger partial charge >= 0.3 is 0 Å². The summed E-state index contributed by atoms with van der Waals surface area (Å²) in [5.74, 6) is -0.445. The lowest BCUT2D eigenvalue weighted by Crippen LogP contribution is -2.44. The highest BCUT2D eigenvalue weighted by atomic mass is 19.1. The number of ketones is 1. The van der Waals surface area contributed by atoms with Crippen molar-refractivity contribution in [1.29, 1.82) is 0 Å². The maximum atomic E-state index is 13.6. The number of likely N-dealkylation sites (N-methyl/N-ethyl adjacent to an activating group) is 1. The number of benzene rings is 1. The van der Waals surface area contributed by atoms with Gasteiger partial charge in [-0.2, -0.15) is 0 Å². The summed E-state index contributed by atoms with van der Waals surface area (Å²) in [6.45, 7) is 3.41. The molecule has 0 saturated heterocycles. The molecule has 0 aromatic heterocycles. The summed E-state index contributed by atoms with van der Waals surface area (Å²) in [5, 5.41) is 2.85. The molecule has 0 fully saturated rings. The van der Waals surface area contributed by atoms with Crippen molar-refractivity contribution in [2.75, 3.05) is 14.2 Å². The number of carbonyl (C=O) groups excluding carboxylic acids is 1. The Hall–Kier alpha value is -1.42. The third-order valence-corrected chi connectivity index (χ3v) is 2.61. The quantitative estimate of drug-likeness (QED) is 0.797. The first-order valence-corrected chi connectivity index (χ1v) is 4.99. The van der Waals surface area contributed by atoms with Crippen LogP contribution in [0.2, 0.25) is 0 Å². The highest BCUT2D eigenvalue weighted by Crippen LogP contribution is 2.20. The molecule has 1 aromatic carbocycles. The molecule has 0 radical (unpaired) electrons. The van der Waals surface area contributed by atoms with Gasteiger partial charge in [-0.25, -0.2) is 4.39 Å². The molecule has 0 aliphatic carbocycles. The molecular weight excluding hydrogens is 209 g/mol. The van der Waals surface area contributed by atoms with Crippen molar-refractivity contribution >= 4 is 5.78 Å². The van der Waals surface area contributed by atoms with Crippen molar-refractivity contribution in [3.05, 3.63) is 29.6 Å². The minimum atomic E-state index is -0.782. The lowest BCUT2D eigenvalue weighted by Gasteiger charge is -2.22. The van der Waals surface area contributed by atoms with E-state index in [0.717, 1.165) is 0 Å². The van der Waals surface area contributed by atoms with E-state index >= 15 is 0 Å². The maximum absolute atomic E-state index is 13.6. The molecule has 4 heteroatoms. The van der Waals surface area contributed by atoms with Crippen LogP contribution in [0.1, 0.15) is 24.2 Å². The molecule has 0 amide bonds. The van der Waals surface area contributed by atoms with Crippen molar-refractivity contribution in [2.24, 2.45) is 0 Å². The maximum Gasteiger partial charge on any atom is 0.185 e. The zero-order valence-electron chi connectivity index (χ0n) is 9.93. The van der Waals surface area contributed by atoms with E-state index in [4.69, 9.17) is 4.74 Å². The first-order valence-electron chi connectivity index (χ1n) is 4.99. The van der Waals surface area contributed by atoms with Gasteiger partial charge in [-0.05, 0) is 33.0 Å². The van der Waals surface area contributed by atoms with E-state index in [-0.39, 0.29) is 11.3 Å². The molecule has 88 valence electrons. The van der Waals surface area contributed by atoms with E-state index in [1.165, 1.54) is 19.2 Å². The van der Waals surface area contributed by atoms with Crippen LogP contribution in [0, 0.1) is 5.82 Å². The van der Waals surface area contributed by atoms with Crippen molar-refractivity contribution < 1.29 is 13.9 Å². The van der Waals surface area contributed by atoms with Crippen LogP contribution in [0.15, 0.2) is 18.2 Å². The predicted octanol–water partition coefficient (Wildman–Crippen LogP) is 2.01. The third-order valence-electron chi connectivity index (χ3n) is 2.61. The van der Waals surface area contributed by atoms with Crippen LogP contribution in [-0.2, 0) is 0 Å². The second-order valence-electron chi connectivity index (χ2n) is 4.05. The monoisotopic (exact) mass is 225 g/mol. The lowest BCUT2D eigenvalue weighted by molar-refractivity contribution is 0.0885. The topological polar surface area (TPSA) is 38.3 Å². The van der Waals surface area contributed by atoms with E-state index in [9.17, 15) is 9.18 Å². The van der Waals surface area contributed by atoms with Crippen LogP contribution in [0.25, 0.3) is 0 Å². The SMILES string of the molecule is CNC(C)(C)C(=O)c1ccc(OC)cc1F. The second-order valence-corrected chi connectivity index (χ2v) is 4.05. The Balaban J connectivity index is 3.10. The highest BCUT2D eigenvalue weighted by molar-refractivity contribution is 6.02. The predicted molar refractivity (Wildman–Crippen MR) is 60.4 cm³/mol. The molecule has 0 spiro atoms. The molecular formula is C12H16FNO2. The number of Topliss-reactive ketones (excluding diaryl/α,β-unsaturated/α-hetero) is 1. The Bertz CT molecular complexity index is 402. The summed E-state index contributed by atoms with van der Waals surface area (Å²) < 4.78 is 18.5. The third kappa shape index (κ3) is 2.39. The number of methoxy groups -OCH3 is 1. The van der Waals surface area contributed by atoms with Crippen LogP contribution >= 0.6 is 0 Å². The van der Waals surface area contributed by atoms with Crippen LogP contribution in [0.3, 0.4) is 0 Å². The number of hydrogen-bond acceptors (Lipinski definition) is 3. The van der Waals surface area contributed by atoms with Crippen LogP contribution in [0.5, 0.6) is 5.75 Å². The molecule has 0 atom stereocenters. The number of halogens is 1. The Morgan fingerprint density at radius 3 is 2.50 bits per heavy atom. The van der Waals surface area contributed by atoms with Crippen molar-refractivity contribution in [3.63, 3.8) is 0 Å². The van der Waals surface area contributed by atoms with Gasteiger partial charge < -0.3 is 10.1 Å². The highest BCUT2D eigenvalue weighted by Gasteiger charge is 2.28. The van der Waals surface area contributed by atoms with Gasteiger partial charge in [0.25, 0.3) is 0 Å². The van der Waals surface area contributed by atoms with E-state index < -0.39 is 11.4 Å². The number of carbonyl (C=O) groups is 1. The van der Waals surface area contributed by atoms with Gasteiger partial charge in [-0.15, -0.1) is 0 Å². The van der Waals surface area contributed by atoms with E-state index in [2.05, 4.69) is 5.32 Å². The van der Waals surface area contributed by atoms with Gasteiger partial charge in [0.1, 0.15) is 11.6 Å². The Morgan fingerprint density at radius 1 is 1.44 bits per heavy atom. The van der Waals surface area contributed by atoms with Crippen LogP contribution in [-0.4, -0.2) is 25.5 Å². The number of ether oxygens (including phenoxy) is 1. The molecule has 1 N–H and O–H groups in total. The Morgan fingerprint density at radius 2 is 2.06 bits per heavy atom. The largest absolute Gasteiger partial charge is 0.497 e. The van der Waals surface area contributed by atoms with Gasteiger partial charge in [0.2, 0.25) is 0 Å². The van der Waals surface area contributed by atoms with Gasteiger partial charge in [-0.3, -0.25) is 4.79 Å². The molecule has 0 aliphatic heterocycles. The smallest absolute Gasteiger partial charge is 0.185 e. The summed E-state index contributed by atoms with van der Waals surface area (Å²) in [4.78, 5) is 12.0. The molecule has 0 heterocycles. The Kier molecular flexibility index (Phi) is 3.65. The first kappa shape index (κ1) is 12.6. The van der Waals surface area contributed by atoms with Crippen molar-refractivity contribution in [1.82, 2.24) is 5.32 Å². The fraction of sp³-hybridized carbons (Fsp3) is 0.417. The summed E-state index contributed by atoms with van der Waals surface area (Å²) in [6, 6.07) is 4.22. The molecule has 0 unspecified atom stereocenters. The molecule has 0 bridgehead atoms. The van der Waals surface area contributed by atoms with Crippen molar-refractivity contribution in [2.45, 2.75) is 19.4 Å². The van der Waals surface area contributed by atoms with Gasteiger partial charge in [-0.1, -0.05) is 0 Å². The molecule has 1 aromatic rings. The van der Waals surface area contributed by atoms with E-state index in [1.54, 1.807) is 27.0 Å². The number of hydrogen-bond donors (Lipinski definition) is 1. The van der Waals surface area contributed by atoms with Crippen molar-refractivity contribution in [3.8, 4) is 5.75 Å². The summed E-state index contributed by atoms with van der Waals surface area (Å²) >= 11 is 0. The summed E-state index contributed by atoms with van der Waals surface area (Å²) in [6.07, 6.45) is 0. The molecule has 16 heavy (non-hydrogen) atoms. The normalized spacial score (nSPS) is 11.3. The Labute approximate surface area is 94.6 Å². The average Bonchev–Trinajstić information content (AvgIpc) is 2.28. The average molecular weight is 225 g/mol. The molecule has 3 nitrogen and oxygen atoms in total. The van der Waals surface area contributed by atoms with Gasteiger partial charge in [0, 0.05) is 6.07 Å². The van der Waals surface area contributed by atoms with Gasteiger partial charge in [0.15, 0.2) is 5.78 Å². The molecule has 0 saturated carbocycles. The second kappa shape index (κ2) is 4.61. The minimum Gasteiger partial charge on any atom is -0.497 e. The molecule has 1 rings (SSSR count). The van der Waals surface area contributed by atoms with E-state index in [0.29, 0.717) is 5.75 Å². The fourth-order valence-corrected chi connectivity index (χ4v) is 1.26. The fourth-order valence-electron chi connectivity index (χ4n) is 1.26. The first-order chi connectivity index (χ1) is 7.42. The standard InChI is InChI=1S/C12H16FNO2/c1-12(2,14-3)11(15)9-6-5-8(16-4)7-10(9)13/h5-7,14H,1-4H3. The van der Waals surface area contributed by atoms with E-state index in [1.807, 2.05) is 0 Å². The zero-order valence-corrected chi connectivity index (χ0v) is 9.93. The number of nitrogens with one attached hydrogen (secondary N) is 1. The van der Waals surface area contributed by atoms with Crippen LogP contribution in [0.4, 0.5) is 4.39 Å². The lowest BCUT2D eigenvalue weighted by atomic mass is 9.93. The summed E-state index contributed by atoms with van der Waals surface area (Å²) in [5.41, 5.74) is -0.713. The number of rotatable bonds is 4. The molecule has 0 aliphatic rings. The minimum absolute atomic E-state index is 0.0696.